The molecule has 0 saturated heterocycles. The summed E-state index contributed by atoms with van der Waals surface area (Å²) in [5.41, 5.74) is 0.298. The van der Waals surface area contributed by atoms with Gasteiger partial charge in [0.05, 0.1) is 5.92 Å². The van der Waals surface area contributed by atoms with Crippen LogP contribution in [0.1, 0.15) is 33.6 Å². The van der Waals surface area contributed by atoms with Crippen molar-refractivity contribution < 1.29 is 9.90 Å². The summed E-state index contributed by atoms with van der Waals surface area (Å²) in [5.74, 6) is -0.0617. The van der Waals surface area contributed by atoms with E-state index in [1.807, 2.05) is 0 Å². The van der Waals surface area contributed by atoms with Gasteiger partial charge in [0.25, 0.3) is 0 Å². The van der Waals surface area contributed by atoms with Crippen LogP contribution in [0.2, 0.25) is 0 Å². The van der Waals surface area contributed by atoms with Crippen LogP contribution in [-0.4, -0.2) is 11.1 Å². The van der Waals surface area contributed by atoms with E-state index in [4.69, 9.17) is 5.11 Å². The average Bonchev–Trinajstić information content (AvgIpc) is 1.51. The Bertz CT molecular complexity index is 161. The molecular weight excluding hydrogens is 140 g/mol. The first-order valence-electron chi connectivity index (χ1n) is 4.14. The number of rotatable bonds is 1. The lowest BCUT2D eigenvalue weighted by Crippen LogP contribution is -2.37. The van der Waals surface area contributed by atoms with E-state index in [1.165, 1.54) is 0 Å². The van der Waals surface area contributed by atoms with E-state index in [2.05, 4.69) is 20.8 Å². The lowest BCUT2D eigenvalue weighted by molar-refractivity contribution is -0.148. The van der Waals surface area contributed by atoms with Crippen LogP contribution in [0.4, 0.5) is 0 Å². The molecule has 0 spiro atoms. The summed E-state index contributed by atoms with van der Waals surface area (Å²) in [7, 11) is 0. The van der Waals surface area contributed by atoms with E-state index in [9.17, 15) is 4.79 Å². The molecule has 0 bridgehead atoms. The molecule has 2 nitrogen and oxygen atoms in total. The Balaban J connectivity index is 2.35. The summed E-state index contributed by atoms with van der Waals surface area (Å²) in [4.78, 5) is 10.5. The van der Waals surface area contributed by atoms with Gasteiger partial charge in [0.1, 0.15) is 0 Å². The van der Waals surface area contributed by atoms with Crippen molar-refractivity contribution in [3.63, 3.8) is 0 Å². The molecule has 0 unspecified atom stereocenters. The standard InChI is InChI=1S/C9H16O2/c1-9(2,3)7-4-6(5-7)8(10)11/h6-7H,4-5H2,1-3H3,(H,10,11). The molecule has 1 fully saturated rings. The Morgan fingerprint density at radius 1 is 1.36 bits per heavy atom. The second-order valence-corrected chi connectivity index (χ2v) is 4.57. The van der Waals surface area contributed by atoms with E-state index in [-0.39, 0.29) is 5.92 Å². The molecule has 64 valence electrons. The Labute approximate surface area is 67.6 Å². The van der Waals surface area contributed by atoms with Crippen LogP contribution in [0.15, 0.2) is 0 Å². The molecule has 1 saturated carbocycles. The van der Waals surface area contributed by atoms with Crippen LogP contribution in [0.5, 0.6) is 0 Å². The van der Waals surface area contributed by atoms with Gasteiger partial charge in [-0.1, -0.05) is 20.8 Å². The lowest BCUT2D eigenvalue weighted by atomic mass is 9.63. The zero-order valence-electron chi connectivity index (χ0n) is 7.42. The lowest BCUT2D eigenvalue weighted by Gasteiger charge is -2.41. The molecule has 0 atom stereocenters. The Morgan fingerprint density at radius 2 is 1.82 bits per heavy atom. The summed E-state index contributed by atoms with van der Waals surface area (Å²) in [6.45, 7) is 6.53. The topological polar surface area (TPSA) is 37.3 Å². The zero-order chi connectivity index (χ0) is 8.65. The number of carboxylic acids is 1. The van der Waals surface area contributed by atoms with Crippen molar-refractivity contribution in [2.24, 2.45) is 17.3 Å². The van der Waals surface area contributed by atoms with Gasteiger partial charge < -0.3 is 5.11 Å². The van der Waals surface area contributed by atoms with Crippen LogP contribution < -0.4 is 0 Å². The molecule has 11 heavy (non-hydrogen) atoms. The van der Waals surface area contributed by atoms with Crippen LogP contribution in [0.25, 0.3) is 0 Å². The Hall–Kier alpha value is -0.530. The molecule has 0 heterocycles. The molecule has 1 aliphatic carbocycles. The van der Waals surface area contributed by atoms with Crippen LogP contribution in [0, 0.1) is 17.3 Å². The minimum absolute atomic E-state index is 0.0563. The summed E-state index contributed by atoms with van der Waals surface area (Å²) < 4.78 is 0. The van der Waals surface area contributed by atoms with Crippen LogP contribution in [-0.2, 0) is 4.79 Å². The highest BCUT2D eigenvalue weighted by Gasteiger charge is 2.40. The largest absolute Gasteiger partial charge is 0.481 e. The van der Waals surface area contributed by atoms with E-state index in [0.717, 1.165) is 12.8 Å². The summed E-state index contributed by atoms with van der Waals surface area (Å²) in [6.07, 6.45) is 1.75. The van der Waals surface area contributed by atoms with Gasteiger partial charge in [-0.25, -0.2) is 0 Å². The van der Waals surface area contributed by atoms with Crippen molar-refractivity contribution in [2.75, 3.05) is 0 Å². The number of carbonyl (C=O) groups is 1. The van der Waals surface area contributed by atoms with E-state index < -0.39 is 5.97 Å². The van der Waals surface area contributed by atoms with Crippen molar-refractivity contribution in [3.05, 3.63) is 0 Å². The molecule has 0 aromatic heterocycles. The SMILES string of the molecule is CC(C)(C)C1CC(C(=O)O)C1. The molecular formula is C9H16O2. The molecule has 1 rings (SSSR count). The second-order valence-electron chi connectivity index (χ2n) is 4.57. The first kappa shape index (κ1) is 8.57. The summed E-state index contributed by atoms with van der Waals surface area (Å²) >= 11 is 0. The summed E-state index contributed by atoms with van der Waals surface area (Å²) in [6, 6.07) is 0. The van der Waals surface area contributed by atoms with E-state index in [0.29, 0.717) is 11.3 Å². The maximum atomic E-state index is 10.5. The van der Waals surface area contributed by atoms with Crippen molar-refractivity contribution in [2.45, 2.75) is 33.6 Å². The predicted molar refractivity (Wildman–Crippen MR) is 43.3 cm³/mol. The highest BCUT2D eigenvalue weighted by Crippen LogP contribution is 2.45. The maximum absolute atomic E-state index is 10.5. The number of hydrogen-bond acceptors (Lipinski definition) is 1. The predicted octanol–water partition coefficient (Wildman–Crippen LogP) is 2.14. The maximum Gasteiger partial charge on any atom is 0.306 e. The number of carboxylic acid groups (broad SMARTS) is 1. The third kappa shape index (κ3) is 1.73. The normalized spacial score (nSPS) is 31.2. The van der Waals surface area contributed by atoms with Gasteiger partial charge in [0.2, 0.25) is 0 Å². The fourth-order valence-corrected chi connectivity index (χ4v) is 1.53. The minimum Gasteiger partial charge on any atom is -0.481 e. The quantitative estimate of drug-likeness (QED) is 0.631. The fraction of sp³-hybridized carbons (Fsp3) is 0.889. The third-order valence-corrected chi connectivity index (χ3v) is 2.71. The van der Waals surface area contributed by atoms with Crippen LogP contribution >= 0.6 is 0 Å². The number of aliphatic carboxylic acids is 1. The molecule has 0 amide bonds. The van der Waals surface area contributed by atoms with Gasteiger partial charge >= 0.3 is 5.97 Å². The molecule has 2 heteroatoms. The van der Waals surface area contributed by atoms with Gasteiger partial charge in [-0.3, -0.25) is 4.79 Å². The van der Waals surface area contributed by atoms with Crippen LogP contribution in [0.3, 0.4) is 0 Å². The highest BCUT2D eigenvalue weighted by molar-refractivity contribution is 5.71. The smallest absolute Gasteiger partial charge is 0.306 e. The van der Waals surface area contributed by atoms with E-state index >= 15 is 0 Å². The van der Waals surface area contributed by atoms with Crippen molar-refractivity contribution >= 4 is 5.97 Å². The van der Waals surface area contributed by atoms with Gasteiger partial charge in [-0.15, -0.1) is 0 Å². The van der Waals surface area contributed by atoms with Crippen molar-refractivity contribution in [3.8, 4) is 0 Å². The average molecular weight is 156 g/mol. The molecule has 0 radical (unpaired) electrons. The Morgan fingerprint density at radius 3 is 2.09 bits per heavy atom. The van der Waals surface area contributed by atoms with Crippen molar-refractivity contribution in [1.29, 1.82) is 0 Å². The van der Waals surface area contributed by atoms with E-state index in [1.54, 1.807) is 0 Å². The highest BCUT2D eigenvalue weighted by atomic mass is 16.4. The fourth-order valence-electron chi connectivity index (χ4n) is 1.53. The first-order valence-corrected chi connectivity index (χ1v) is 4.14. The Kier molecular flexibility index (Phi) is 1.95. The van der Waals surface area contributed by atoms with Crippen molar-refractivity contribution in [1.82, 2.24) is 0 Å². The first-order chi connectivity index (χ1) is 4.91. The monoisotopic (exact) mass is 156 g/mol. The molecule has 1 N–H and O–H groups in total. The minimum atomic E-state index is -0.620. The third-order valence-electron chi connectivity index (χ3n) is 2.71. The molecule has 1 aliphatic rings. The van der Waals surface area contributed by atoms with Gasteiger partial charge in [0, 0.05) is 0 Å². The molecule has 0 aromatic carbocycles. The van der Waals surface area contributed by atoms with Gasteiger partial charge in [-0.2, -0.15) is 0 Å². The number of hydrogen-bond donors (Lipinski definition) is 1. The summed E-state index contributed by atoms with van der Waals surface area (Å²) in [5, 5.41) is 8.62. The molecule has 0 aliphatic heterocycles. The second kappa shape index (κ2) is 2.50. The zero-order valence-corrected chi connectivity index (χ0v) is 7.42. The van der Waals surface area contributed by atoms with Gasteiger partial charge in [-0.05, 0) is 24.2 Å². The van der Waals surface area contributed by atoms with Gasteiger partial charge in [0.15, 0.2) is 0 Å². The molecule has 0 aromatic rings.